The number of carbonyl (C=O) groups is 3. The van der Waals surface area contributed by atoms with Crippen molar-refractivity contribution in [2.24, 2.45) is 0 Å². The number of hydrogen-bond donors (Lipinski definition) is 1. The van der Waals surface area contributed by atoms with Crippen molar-refractivity contribution in [3.63, 3.8) is 0 Å². The minimum Gasteiger partial charge on any atom is -0.478 e. The molecule has 0 amide bonds. The Bertz CT molecular complexity index is 924. The van der Waals surface area contributed by atoms with Crippen molar-refractivity contribution in [1.82, 2.24) is 0 Å². The van der Waals surface area contributed by atoms with E-state index in [1.54, 1.807) is 18.2 Å². The molecule has 3 aromatic carbocycles. The van der Waals surface area contributed by atoms with Gasteiger partial charge < -0.3 is 5.11 Å². The summed E-state index contributed by atoms with van der Waals surface area (Å²) in [6.07, 6.45) is 0. The molecule has 0 saturated carbocycles. The third kappa shape index (κ3) is 2.87. The molecule has 0 unspecified atom stereocenters. The third-order valence-electron chi connectivity index (χ3n) is 3.61. The first kappa shape index (κ1) is 14.7. The lowest BCUT2D eigenvalue weighted by atomic mass is 9.98. The van der Waals surface area contributed by atoms with Gasteiger partial charge in [0.15, 0.2) is 0 Å². The topological polar surface area (TPSA) is 71.4 Å². The van der Waals surface area contributed by atoms with Crippen molar-refractivity contribution >= 4 is 28.3 Å². The monoisotopic (exact) mass is 304 g/mol. The van der Waals surface area contributed by atoms with Gasteiger partial charge in [0, 0.05) is 11.1 Å². The Balaban J connectivity index is 1.91. The summed E-state index contributed by atoms with van der Waals surface area (Å²) >= 11 is 0. The molecule has 3 rings (SSSR count). The van der Waals surface area contributed by atoms with E-state index in [2.05, 4.69) is 0 Å². The first-order chi connectivity index (χ1) is 11.1. The highest BCUT2D eigenvalue weighted by Gasteiger charge is 2.19. The highest BCUT2D eigenvalue weighted by atomic mass is 16.4. The molecule has 3 aromatic rings. The van der Waals surface area contributed by atoms with Gasteiger partial charge in [0.2, 0.25) is 11.6 Å². The van der Waals surface area contributed by atoms with Gasteiger partial charge in [0.1, 0.15) is 0 Å². The van der Waals surface area contributed by atoms with Gasteiger partial charge in [-0.25, -0.2) is 4.79 Å². The molecule has 0 bridgehead atoms. The Morgan fingerprint density at radius 2 is 1.13 bits per heavy atom. The summed E-state index contributed by atoms with van der Waals surface area (Å²) in [5.41, 5.74) is 0.559. The van der Waals surface area contributed by atoms with Gasteiger partial charge in [-0.1, -0.05) is 48.5 Å². The van der Waals surface area contributed by atoms with Crippen LogP contribution in [0.3, 0.4) is 0 Å². The van der Waals surface area contributed by atoms with Gasteiger partial charge in [-0.2, -0.15) is 0 Å². The Morgan fingerprint density at radius 3 is 1.78 bits per heavy atom. The number of carbonyl (C=O) groups excluding carboxylic acids is 2. The number of hydrogen-bond acceptors (Lipinski definition) is 3. The van der Waals surface area contributed by atoms with Crippen LogP contribution in [0.5, 0.6) is 0 Å². The van der Waals surface area contributed by atoms with Crippen molar-refractivity contribution < 1.29 is 19.5 Å². The van der Waals surface area contributed by atoms with Crippen LogP contribution in [0.2, 0.25) is 0 Å². The van der Waals surface area contributed by atoms with E-state index in [4.69, 9.17) is 5.11 Å². The third-order valence-corrected chi connectivity index (χ3v) is 3.61. The molecule has 4 nitrogen and oxygen atoms in total. The van der Waals surface area contributed by atoms with Crippen molar-refractivity contribution in [3.05, 3.63) is 83.4 Å². The molecule has 1 N–H and O–H groups in total. The van der Waals surface area contributed by atoms with Crippen LogP contribution in [-0.2, 0) is 0 Å². The minimum atomic E-state index is -1.08. The Labute approximate surface area is 132 Å². The zero-order valence-corrected chi connectivity index (χ0v) is 12.0. The number of aromatic carboxylic acids is 1. The van der Waals surface area contributed by atoms with Crippen molar-refractivity contribution in [2.75, 3.05) is 0 Å². The van der Waals surface area contributed by atoms with Crippen molar-refractivity contribution in [1.29, 1.82) is 0 Å². The maximum absolute atomic E-state index is 12.3. The number of carboxylic acids is 1. The molecule has 0 aliphatic rings. The smallest absolute Gasteiger partial charge is 0.335 e. The van der Waals surface area contributed by atoms with Crippen LogP contribution in [0.25, 0.3) is 10.8 Å². The first-order valence-corrected chi connectivity index (χ1v) is 6.97. The number of carboxylic acid groups (broad SMARTS) is 1. The van der Waals surface area contributed by atoms with Crippen LogP contribution in [0, 0.1) is 0 Å². The van der Waals surface area contributed by atoms with Crippen LogP contribution in [0.4, 0.5) is 0 Å². The van der Waals surface area contributed by atoms with Crippen LogP contribution < -0.4 is 0 Å². The van der Waals surface area contributed by atoms with E-state index in [9.17, 15) is 14.4 Å². The van der Waals surface area contributed by atoms with E-state index in [1.165, 1.54) is 24.3 Å². The van der Waals surface area contributed by atoms with Gasteiger partial charge in [0.25, 0.3) is 0 Å². The molecule has 0 aliphatic heterocycles. The zero-order chi connectivity index (χ0) is 16.4. The van der Waals surface area contributed by atoms with Crippen LogP contribution in [-0.4, -0.2) is 22.6 Å². The minimum absolute atomic E-state index is 0.0692. The van der Waals surface area contributed by atoms with Crippen LogP contribution >= 0.6 is 0 Å². The summed E-state index contributed by atoms with van der Waals surface area (Å²) < 4.78 is 0. The summed E-state index contributed by atoms with van der Waals surface area (Å²) in [4.78, 5) is 35.4. The molecule has 0 heterocycles. The maximum Gasteiger partial charge on any atom is 0.335 e. The second kappa shape index (κ2) is 5.85. The largest absolute Gasteiger partial charge is 0.478 e. The molecule has 4 heteroatoms. The fourth-order valence-corrected chi connectivity index (χ4v) is 2.36. The lowest BCUT2D eigenvalue weighted by molar-refractivity contribution is 0.0696. The number of Topliss-reactive ketones (excluding diaryl/α,β-unsaturated/α-hetero) is 2. The molecule has 112 valence electrons. The van der Waals surface area contributed by atoms with E-state index in [1.807, 2.05) is 24.3 Å². The quantitative estimate of drug-likeness (QED) is 0.590. The second-order valence-corrected chi connectivity index (χ2v) is 5.10. The van der Waals surface area contributed by atoms with Gasteiger partial charge in [0.05, 0.1) is 5.56 Å². The molecular formula is C19H12O4. The van der Waals surface area contributed by atoms with Crippen molar-refractivity contribution in [3.8, 4) is 0 Å². The van der Waals surface area contributed by atoms with Crippen molar-refractivity contribution in [2.45, 2.75) is 0 Å². The Hall–Kier alpha value is -3.27. The molecule has 0 atom stereocenters. The maximum atomic E-state index is 12.3. The summed E-state index contributed by atoms with van der Waals surface area (Å²) in [5, 5.41) is 10.7. The Morgan fingerprint density at radius 1 is 0.609 bits per heavy atom. The average Bonchev–Trinajstić information content (AvgIpc) is 2.60. The molecule has 0 fully saturated rings. The SMILES string of the molecule is O=C(O)c1ccc(C(=O)C(=O)c2ccc3ccccc3c2)cc1. The summed E-state index contributed by atoms with van der Waals surface area (Å²) in [6, 6.07) is 18.0. The number of rotatable bonds is 4. The summed E-state index contributed by atoms with van der Waals surface area (Å²) in [6.45, 7) is 0. The lowest BCUT2D eigenvalue weighted by Gasteiger charge is -2.03. The van der Waals surface area contributed by atoms with E-state index in [0.717, 1.165) is 10.8 Å². The molecule has 23 heavy (non-hydrogen) atoms. The molecule has 0 radical (unpaired) electrons. The second-order valence-electron chi connectivity index (χ2n) is 5.10. The average molecular weight is 304 g/mol. The van der Waals surface area contributed by atoms with E-state index < -0.39 is 17.5 Å². The first-order valence-electron chi connectivity index (χ1n) is 6.97. The van der Waals surface area contributed by atoms with E-state index >= 15 is 0 Å². The molecule has 0 spiro atoms. The summed E-state index contributed by atoms with van der Waals surface area (Å²) in [5.74, 6) is -2.35. The highest BCUT2D eigenvalue weighted by molar-refractivity contribution is 6.49. The van der Waals surface area contributed by atoms with Gasteiger partial charge in [-0.05, 0) is 29.0 Å². The normalized spacial score (nSPS) is 10.4. The van der Waals surface area contributed by atoms with Gasteiger partial charge in [-0.3, -0.25) is 9.59 Å². The highest BCUT2D eigenvalue weighted by Crippen LogP contribution is 2.17. The van der Waals surface area contributed by atoms with E-state index in [-0.39, 0.29) is 11.1 Å². The molecule has 0 aromatic heterocycles. The summed E-state index contributed by atoms with van der Waals surface area (Å²) in [7, 11) is 0. The molecule has 0 saturated heterocycles. The number of fused-ring (bicyclic) bond motifs is 1. The number of ketones is 2. The molecular weight excluding hydrogens is 292 g/mol. The zero-order valence-electron chi connectivity index (χ0n) is 12.0. The number of benzene rings is 3. The standard InChI is InChI=1S/C19H12O4/c20-17(13-6-8-14(9-7-13)19(22)23)18(21)16-10-5-12-3-1-2-4-15(12)11-16/h1-11H,(H,22,23). The fraction of sp³-hybridized carbons (Fsp3) is 0. The fourth-order valence-electron chi connectivity index (χ4n) is 2.36. The lowest BCUT2D eigenvalue weighted by Crippen LogP contribution is -2.14. The van der Waals surface area contributed by atoms with Crippen LogP contribution in [0.1, 0.15) is 31.1 Å². The Kier molecular flexibility index (Phi) is 3.73. The van der Waals surface area contributed by atoms with Crippen LogP contribution in [0.15, 0.2) is 66.7 Å². The predicted molar refractivity (Wildman–Crippen MR) is 86.0 cm³/mol. The molecule has 0 aliphatic carbocycles. The van der Waals surface area contributed by atoms with Gasteiger partial charge >= 0.3 is 5.97 Å². The van der Waals surface area contributed by atoms with Gasteiger partial charge in [-0.15, -0.1) is 0 Å². The predicted octanol–water partition coefficient (Wildman–Crippen LogP) is 3.60. The van der Waals surface area contributed by atoms with E-state index in [0.29, 0.717) is 5.56 Å².